The van der Waals surface area contributed by atoms with Gasteiger partial charge in [0, 0.05) is 19.3 Å². The number of hydrogen-bond acceptors (Lipinski definition) is 6. The van der Waals surface area contributed by atoms with Crippen LogP contribution in [-0.4, -0.2) is 37.2 Å². The molecule has 0 unspecified atom stereocenters. The normalized spacial score (nSPS) is 11.7. The van der Waals surface area contributed by atoms with Gasteiger partial charge in [-0.1, -0.05) is 238 Å². The molecule has 0 aliphatic rings. The van der Waals surface area contributed by atoms with Gasteiger partial charge in [0.25, 0.3) is 0 Å². The summed E-state index contributed by atoms with van der Waals surface area (Å²) in [7, 11) is 0. The molecule has 0 aromatic carbocycles. The molecule has 0 aromatic heterocycles. The Balaban J connectivity index is 4.36. The van der Waals surface area contributed by atoms with E-state index < -0.39 is 6.10 Å². The molecule has 0 radical (unpaired) electrons. The smallest absolute Gasteiger partial charge is 0.306 e. The van der Waals surface area contributed by atoms with Gasteiger partial charge >= 0.3 is 17.9 Å². The maximum absolute atomic E-state index is 12.8. The molecule has 0 aromatic rings. The van der Waals surface area contributed by atoms with Gasteiger partial charge in [-0.2, -0.15) is 0 Å². The lowest BCUT2D eigenvalue weighted by Gasteiger charge is -2.18. The standard InChI is InChI=1S/C57H106O6/c1-4-7-10-13-16-19-22-25-28-31-34-37-40-43-46-49-55(58)61-52-54(63-57(60)51-48-45-42-39-36-33-30-27-24-21-18-15-12-9-6-3)53-62-56(59)50-47-44-41-38-35-32-29-26-23-20-17-14-11-8-5-2/h25-26,28-29,54H,4-24,27,30-53H2,1-3H3/b28-25+,29-26+. The fourth-order valence-corrected chi connectivity index (χ4v) is 8.20. The van der Waals surface area contributed by atoms with Gasteiger partial charge in [0.2, 0.25) is 0 Å². The van der Waals surface area contributed by atoms with Crippen molar-refractivity contribution < 1.29 is 28.6 Å². The molecular formula is C57H106O6. The van der Waals surface area contributed by atoms with Crippen LogP contribution in [0.1, 0.15) is 303 Å². The molecule has 0 N–H and O–H groups in total. The van der Waals surface area contributed by atoms with Crippen molar-refractivity contribution in [1.82, 2.24) is 0 Å². The van der Waals surface area contributed by atoms with Gasteiger partial charge in [0.05, 0.1) is 0 Å². The highest BCUT2D eigenvalue weighted by Crippen LogP contribution is 2.16. The average Bonchev–Trinajstić information content (AvgIpc) is 3.28. The van der Waals surface area contributed by atoms with E-state index in [4.69, 9.17) is 14.2 Å². The predicted octanol–water partition coefficient (Wildman–Crippen LogP) is 18.3. The molecule has 0 saturated heterocycles. The summed E-state index contributed by atoms with van der Waals surface area (Å²) in [6.45, 7) is 6.65. The molecule has 0 aliphatic carbocycles. The van der Waals surface area contributed by atoms with Crippen LogP contribution >= 0.6 is 0 Å². The van der Waals surface area contributed by atoms with E-state index >= 15 is 0 Å². The molecule has 0 spiro atoms. The molecule has 0 heterocycles. The van der Waals surface area contributed by atoms with Crippen LogP contribution < -0.4 is 0 Å². The fourth-order valence-electron chi connectivity index (χ4n) is 8.20. The first-order valence-electron chi connectivity index (χ1n) is 27.8. The minimum absolute atomic E-state index is 0.0742. The number of ether oxygens (including phenoxy) is 3. The van der Waals surface area contributed by atoms with Crippen LogP contribution in [0.5, 0.6) is 0 Å². The second kappa shape index (κ2) is 52.5. The van der Waals surface area contributed by atoms with E-state index in [2.05, 4.69) is 45.1 Å². The lowest BCUT2D eigenvalue weighted by Crippen LogP contribution is -2.30. The third-order valence-corrected chi connectivity index (χ3v) is 12.4. The summed E-state index contributed by atoms with van der Waals surface area (Å²) in [5.74, 6) is -0.872. The van der Waals surface area contributed by atoms with Crippen molar-refractivity contribution >= 4 is 17.9 Å². The lowest BCUT2D eigenvalue weighted by molar-refractivity contribution is -0.167. The molecule has 0 atom stereocenters. The van der Waals surface area contributed by atoms with Crippen LogP contribution in [0.2, 0.25) is 0 Å². The Labute approximate surface area is 392 Å². The quantitative estimate of drug-likeness (QED) is 0.0262. The van der Waals surface area contributed by atoms with Crippen molar-refractivity contribution in [2.24, 2.45) is 0 Å². The summed E-state index contributed by atoms with van der Waals surface area (Å²) in [4.78, 5) is 38.1. The zero-order valence-electron chi connectivity index (χ0n) is 42.4. The maximum Gasteiger partial charge on any atom is 0.306 e. The summed E-state index contributed by atoms with van der Waals surface area (Å²) in [5.41, 5.74) is 0. The Hall–Kier alpha value is -2.11. The van der Waals surface area contributed by atoms with Crippen LogP contribution in [0, 0.1) is 0 Å². The van der Waals surface area contributed by atoms with E-state index in [-0.39, 0.29) is 31.1 Å². The summed E-state index contributed by atoms with van der Waals surface area (Å²) in [6.07, 6.45) is 60.2. The number of esters is 3. The second-order valence-corrected chi connectivity index (χ2v) is 18.8. The van der Waals surface area contributed by atoms with Gasteiger partial charge in [-0.05, 0) is 70.6 Å². The zero-order valence-corrected chi connectivity index (χ0v) is 42.4. The molecule has 0 rings (SSSR count). The molecule has 370 valence electrons. The molecule has 6 heteroatoms. The van der Waals surface area contributed by atoms with E-state index in [9.17, 15) is 14.4 Å². The highest BCUT2D eigenvalue weighted by Gasteiger charge is 2.19. The number of rotatable bonds is 51. The van der Waals surface area contributed by atoms with Crippen molar-refractivity contribution in [3.05, 3.63) is 24.3 Å². The van der Waals surface area contributed by atoms with E-state index in [0.717, 1.165) is 70.6 Å². The van der Waals surface area contributed by atoms with E-state index in [1.165, 1.54) is 193 Å². The van der Waals surface area contributed by atoms with Crippen LogP contribution in [0.4, 0.5) is 0 Å². The van der Waals surface area contributed by atoms with Crippen molar-refractivity contribution in [1.29, 1.82) is 0 Å². The number of hydrogen-bond donors (Lipinski definition) is 0. The van der Waals surface area contributed by atoms with Crippen molar-refractivity contribution in [3.8, 4) is 0 Å². The molecule has 0 fully saturated rings. The Morgan fingerprint density at radius 3 is 0.794 bits per heavy atom. The molecule has 0 amide bonds. The third-order valence-electron chi connectivity index (χ3n) is 12.4. The van der Waals surface area contributed by atoms with Crippen molar-refractivity contribution in [2.45, 2.75) is 309 Å². The van der Waals surface area contributed by atoms with Crippen LogP contribution in [-0.2, 0) is 28.6 Å². The predicted molar refractivity (Wildman–Crippen MR) is 270 cm³/mol. The van der Waals surface area contributed by atoms with E-state index in [1.54, 1.807) is 0 Å². The topological polar surface area (TPSA) is 78.9 Å². The molecule has 0 bridgehead atoms. The Kier molecular flexibility index (Phi) is 50.8. The SMILES string of the molecule is CCCCCCCC/C=C/CCCCCCCC(=O)OCC(COC(=O)CCCCCCC/C=C/CCCCCCCC)OC(=O)CCCCCCCCCCCCCCCCC. The van der Waals surface area contributed by atoms with Crippen LogP contribution in [0.3, 0.4) is 0 Å². The molecule has 0 aliphatic heterocycles. The summed E-state index contributed by atoms with van der Waals surface area (Å²) in [5, 5.41) is 0. The molecule has 63 heavy (non-hydrogen) atoms. The average molecular weight is 887 g/mol. The first kappa shape index (κ1) is 60.9. The van der Waals surface area contributed by atoms with Gasteiger partial charge in [0.1, 0.15) is 13.2 Å². The minimum atomic E-state index is -0.773. The monoisotopic (exact) mass is 887 g/mol. The minimum Gasteiger partial charge on any atom is -0.462 e. The number of carbonyl (C=O) groups excluding carboxylic acids is 3. The van der Waals surface area contributed by atoms with Crippen molar-refractivity contribution in [3.63, 3.8) is 0 Å². The Bertz CT molecular complexity index is 964. The van der Waals surface area contributed by atoms with Crippen molar-refractivity contribution in [2.75, 3.05) is 13.2 Å². The first-order chi connectivity index (χ1) is 31.0. The maximum atomic E-state index is 12.8. The largest absolute Gasteiger partial charge is 0.462 e. The third kappa shape index (κ3) is 50.7. The highest BCUT2D eigenvalue weighted by atomic mass is 16.6. The molecule has 0 saturated carbocycles. The van der Waals surface area contributed by atoms with Gasteiger partial charge in [0.15, 0.2) is 6.10 Å². The van der Waals surface area contributed by atoms with Gasteiger partial charge in [-0.15, -0.1) is 0 Å². The summed E-state index contributed by atoms with van der Waals surface area (Å²) >= 11 is 0. The number of carbonyl (C=O) groups is 3. The van der Waals surface area contributed by atoms with Gasteiger partial charge in [-0.3, -0.25) is 14.4 Å². The Morgan fingerprint density at radius 1 is 0.302 bits per heavy atom. The van der Waals surface area contributed by atoms with Gasteiger partial charge in [-0.25, -0.2) is 0 Å². The van der Waals surface area contributed by atoms with Crippen LogP contribution in [0.15, 0.2) is 24.3 Å². The highest BCUT2D eigenvalue weighted by molar-refractivity contribution is 5.71. The number of allylic oxidation sites excluding steroid dienone is 4. The van der Waals surface area contributed by atoms with Crippen LogP contribution in [0.25, 0.3) is 0 Å². The lowest BCUT2D eigenvalue weighted by atomic mass is 10.0. The fraction of sp³-hybridized carbons (Fsp3) is 0.877. The Morgan fingerprint density at radius 2 is 0.524 bits per heavy atom. The first-order valence-corrected chi connectivity index (χ1v) is 27.8. The molecular weight excluding hydrogens is 781 g/mol. The molecule has 6 nitrogen and oxygen atoms in total. The van der Waals surface area contributed by atoms with E-state index in [0.29, 0.717) is 19.3 Å². The number of unbranched alkanes of at least 4 members (excludes halogenated alkanes) is 36. The zero-order chi connectivity index (χ0) is 45.8. The van der Waals surface area contributed by atoms with Gasteiger partial charge < -0.3 is 14.2 Å². The summed E-state index contributed by atoms with van der Waals surface area (Å²) in [6, 6.07) is 0. The van der Waals surface area contributed by atoms with E-state index in [1.807, 2.05) is 0 Å². The summed E-state index contributed by atoms with van der Waals surface area (Å²) < 4.78 is 16.8. The second-order valence-electron chi connectivity index (χ2n) is 18.8.